The molecule has 0 amide bonds. The number of nitrogens with zero attached hydrogens (tertiary/aromatic N) is 5. The summed E-state index contributed by atoms with van der Waals surface area (Å²) in [5, 5.41) is 12.7. The van der Waals surface area contributed by atoms with Gasteiger partial charge in [0.15, 0.2) is 11.6 Å². The quantitative estimate of drug-likeness (QED) is 0.687. The number of phenols is 1. The van der Waals surface area contributed by atoms with Crippen molar-refractivity contribution in [2.45, 2.75) is 6.42 Å². The summed E-state index contributed by atoms with van der Waals surface area (Å²) in [7, 11) is 3.77. The van der Waals surface area contributed by atoms with E-state index in [9.17, 15) is 5.11 Å². The first-order valence-electron chi connectivity index (χ1n) is 7.42. The summed E-state index contributed by atoms with van der Waals surface area (Å²) < 4.78 is 0. The van der Waals surface area contributed by atoms with Gasteiger partial charge in [0.1, 0.15) is 23.1 Å². The van der Waals surface area contributed by atoms with E-state index in [4.69, 9.17) is 11.6 Å². The first-order valence-corrected chi connectivity index (χ1v) is 7.80. The zero-order valence-electron chi connectivity index (χ0n) is 13.4. The van der Waals surface area contributed by atoms with E-state index in [0.29, 0.717) is 29.2 Å². The molecular formula is C16H17ClN6O. The Morgan fingerprint density at radius 1 is 1.08 bits per heavy atom. The highest BCUT2D eigenvalue weighted by molar-refractivity contribution is 6.29. The van der Waals surface area contributed by atoms with Gasteiger partial charge in [-0.15, -0.1) is 0 Å². The van der Waals surface area contributed by atoms with Crippen molar-refractivity contribution in [3.63, 3.8) is 0 Å². The van der Waals surface area contributed by atoms with E-state index in [-0.39, 0.29) is 11.0 Å². The average molecular weight is 345 g/mol. The molecule has 124 valence electrons. The minimum absolute atomic E-state index is 0.146. The van der Waals surface area contributed by atoms with Crippen LogP contribution in [0.25, 0.3) is 11.0 Å². The maximum atomic E-state index is 9.31. The number of phenolic OH excluding ortho intramolecular Hbond substituents is 1. The van der Waals surface area contributed by atoms with Crippen molar-refractivity contribution in [1.29, 1.82) is 0 Å². The number of aromatic hydroxyl groups is 1. The lowest BCUT2D eigenvalue weighted by atomic mass is 10.1. The molecule has 0 aliphatic heterocycles. The van der Waals surface area contributed by atoms with Crippen LogP contribution in [0, 0.1) is 0 Å². The molecule has 0 saturated heterocycles. The van der Waals surface area contributed by atoms with Crippen LogP contribution in [0.3, 0.4) is 0 Å². The molecule has 3 rings (SSSR count). The Hall–Kier alpha value is -2.67. The average Bonchev–Trinajstić information content (AvgIpc) is 2.56. The Balaban J connectivity index is 1.83. The van der Waals surface area contributed by atoms with Crippen LogP contribution in [0.1, 0.15) is 5.56 Å². The summed E-state index contributed by atoms with van der Waals surface area (Å²) >= 11 is 6.05. The summed E-state index contributed by atoms with van der Waals surface area (Å²) in [6.07, 6.45) is 2.26. The lowest BCUT2D eigenvalue weighted by molar-refractivity contribution is 0.475. The van der Waals surface area contributed by atoms with Crippen LogP contribution in [0.2, 0.25) is 5.28 Å². The van der Waals surface area contributed by atoms with Crippen LogP contribution in [-0.2, 0) is 6.42 Å². The molecule has 0 aliphatic rings. The molecular weight excluding hydrogens is 328 g/mol. The number of rotatable bonds is 5. The molecule has 2 heterocycles. The number of hydrogen-bond acceptors (Lipinski definition) is 7. The zero-order chi connectivity index (χ0) is 17.1. The van der Waals surface area contributed by atoms with Gasteiger partial charge in [0.2, 0.25) is 5.28 Å². The molecule has 0 radical (unpaired) electrons. The highest BCUT2D eigenvalue weighted by atomic mass is 35.5. The Morgan fingerprint density at radius 2 is 1.83 bits per heavy atom. The van der Waals surface area contributed by atoms with Gasteiger partial charge in [0.25, 0.3) is 0 Å². The van der Waals surface area contributed by atoms with Crippen molar-refractivity contribution in [1.82, 2.24) is 19.9 Å². The Morgan fingerprint density at radius 3 is 2.54 bits per heavy atom. The Labute approximate surface area is 144 Å². The summed E-state index contributed by atoms with van der Waals surface area (Å²) in [6.45, 7) is 0.647. The minimum atomic E-state index is 0.146. The molecule has 0 bridgehead atoms. The zero-order valence-corrected chi connectivity index (χ0v) is 14.1. The van der Waals surface area contributed by atoms with Crippen LogP contribution < -0.4 is 10.2 Å². The molecule has 2 aromatic heterocycles. The third-order valence-corrected chi connectivity index (χ3v) is 3.67. The highest BCUT2D eigenvalue weighted by Gasteiger charge is 2.13. The third kappa shape index (κ3) is 3.46. The van der Waals surface area contributed by atoms with Gasteiger partial charge in [-0.3, -0.25) is 0 Å². The summed E-state index contributed by atoms with van der Waals surface area (Å²) in [5.74, 6) is 1.52. The molecule has 0 atom stereocenters. The smallest absolute Gasteiger partial charge is 0.225 e. The van der Waals surface area contributed by atoms with Crippen LogP contribution in [0.4, 0.5) is 11.6 Å². The van der Waals surface area contributed by atoms with Gasteiger partial charge in [-0.1, -0.05) is 12.1 Å². The number of nitrogens with one attached hydrogen (secondary N) is 1. The second kappa shape index (κ2) is 6.84. The standard InChI is InChI=1S/C16H17ClN6O/c1-23(2)15-13-12(19-9-20-15)14(22-16(17)21-13)18-8-7-10-3-5-11(24)6-4-10/h3-6,9,24H,7-8H2,1-2H3,(H,18,21,22). The number of benzene rings is 1. The van der Waals surface area contributed by atoms with Gasteiger partial charge >= 0.3 is 0 Å². The monoisotopic (exact) mass is 344 g/mol. The maximum absolute atomic E-state index is 9.31. The summed E-state index contributed by atoms with van der Waals surface area (Å²) in [4.78, 5) is 18.9. The highest BCUT2D eigenvalue weighted by Crippen LogP contribution is 2.25. The van der Waals surface area contributed by atoms with E-state index in [1.165, 1.54) is 6.33 Å². The van der Waals surface area contributed by atoms with E-state index in [1.54, 1.807) is 12.1 Å². The van der Waals surface area contributed by atoms with E-state index >= 15 is 0 Å². The second-order valence-electron chi connectivity index (χ2n) is 5.47. The van der Waals surface area contributed by atoms with Crippen LogP contribution in [0.15, 0.2) is 30.6 Å². The van der Waals surface area contributed by atoms with Crippen molar-refractivity contribution in [3.05, 3.63) is 41.4 Å². The van der Waals surface area contributed by atoms with Gasteiger partial charge < -0.3 is 15.3 Å². The Kier molecular flexibility index (Phi) is 4.61. The fourth-order valence-electron chi connectivity index (χ4n) is 2.35. The van der Waals surface area contributed by atoms with Crippen molar-refractivity contribution < 1.29 is 5.11 Å². The summed E-state index contributed by atoms with van der Waals surface area (Å²) in [6, 6.07) is 7.11. The Bertz CT molecular complexity index is 853. The third-order valence-electron chi connectivity index (χ3n) is 3.50. The molecule has 0 aliphatic carbocycles. The van der Waals surface area contributed by atoms with Gasteiger partial charge in [-0.25, -0.2) is 15.0 Å². The van der Waals surface area contributed by atoms with Gasteiger partial charge in [0, 0.05) is 20.6 Å². The fraction of sp³-hybridized carbons (Fsp3) is 0.250. The maximum Gasteiger partial charge on any atom is 0.225 e. The molecule has 1 aromatic carbocycles. The lowest BCUT2D eigenvalue weighted by Gasteiger charge is -2.14. The normalized spacial score (nSPS) is 10.8. The second-order valence-corrected chi connectivity index (χ2v) is 5.81. The minimum Gasteiger partial charge on any atom is -0.508 e. The number of aromatic nitrogens is 4. The van der Waals surface area contributed by atoms with Crippen molar-refractivity contribution in [3.8, 4) is 5.75 Å². The van der Waals surface area contributed by atoms with Crippen LogP contribution in [0.5, 0.6) is 5.75 Å². The molecule has 0 saturated carbocycles. The number of hydrogen-bond donors (Lipinski definition) is 2. The predicted molar refractivity (Wildman–Crippen MR) is 94.8 cm³/mol. The molecule has 3 aromatic rings. The molecule has 8 heteroatoms. The van der Waals surface area contributed by atoms with E-state index in [1.807, 2.05) is 31.1 Å². The van der Waals surface area contributed by atoms with Crippen LogP contribution in [-0.4, -0.2) is 45.7 Å². The molecule has 24 heavy (non-hydrogen) atoms. The SMILES string of the molecule is CN(C)c1ncnc2c(NCCc3ccc(O)cc3)nc(Cl)nc12. The summed E-state index contributed by atoms with van der Waals surface area (Å²) in [5.41, 5.74) is 2.34. The molecule has 2 N–H and O–H groups in total. The number of halogens is 1. The number of anilines is 2. The first kappa shape index (κ1) is 16.2. The largest absolute Gasteiger partial charge is 0.508 e. The van der Waals surface area contributed by atoms with Crippen molar-refractivity contribution in [2.75, 3.05) is 30.9 Å². The molecule has 7 nitrogen and oxygen atoms in total. The van der Waals surface area contributed by atoms with Gasteiger partial charge in [-0.2, -0.15) is 4.98 Å². The predicted octanol–water partition coefficient (Wildman–Crippen LogP) is 2.50. The van der Waals surface area contributed by atoms with Gasteiger partial charge in [0.05, 0.1) is 0 Å². The van der Waals surface area contributed by atoms with Crippen molar-refractivity contribution in [2.24, 2.45) is 0 Å². The van der Waals surface area contributed by atoms with E-state index < -0.39 is 0 Å². The molecule has 0 fully saturated rings. The number of fused-ring (bicyclic) bond motifs is 1. The van der Waals surface area contributed by atoms with Crippen LogP contribution >= 0.6 is 11.6 Å². The van der Waals surface area contributed by atoms with E-state index in [2.05, 4.69) is 25.3 Å². The fourth-order valence-corrected chi connectivity index (χ4v) is 2.52. The topological polar surface area (TPSA) is 87.1 Å². The van der Waals surface area contributed by atoms with E-state index in [0.717, 1.165) is 12.0 Å². The first-order chi connectivity index (χ1) is 11.5. The van der Waals surface area contributed by atoms with Gasteiger partial charge in [-0.05, 0) is 35.7 Å². The molecule has 0 unspecified atom stereocenters. The molecule has 0 spiro atoms. The lowest BCUT2D eigenvalue weighted by Crippen LogP contribution is -2.13. The van der Waals surface area contributed by atoms with Crippen molar-refractivity contribution >= 4 is 34.3 Å².